The van der Waals surface area contributed by atoms with E-state index in [1.54, 1.807) is 9.13 Å². The topological polar surface area (TPSA) is 25.6 Å². The highest BCUT2D eigenvalue weighted by molar-refractivity contribution is 7.00. The molecule has 26 rings (SSSR count). The molecule has 0 saturated carbocycles. The maximum absolute atomic E-state index is 10.5. The third-order valence-corrected chi connectivity index (χ3v) is 27.6. The van der Waals surface area contributed by atoms with Gasteiger partial charge in [0.1, 0.15) is 11.5 Å². The van der Waals surface area contributed by atoms with Crippen molar-refractivity contribution in [1.82, 2.24) is 9.13 Å². The Kier molecular flexibility index (Phi) is 14.1. The van der Waals surface area contributed by atoms with Crippen LogP contribution in [0.3, 0.4) is 0 Å². The highest BCUT2D eigenvalue weighted by Crippen LogP contribution is 2.58. The molecule has 0 spiro atoms. The quantitative estimate of drug-likeness (QED) is 0.0953. The Morgan fingerprint density at radius 2 is 0.695 bits per heavy atom. The molecule has 5 heterocycles. The van der Waals surface area contributed by atoms with Crippen molar-refractivity contribution in [3.05, 3.63) is 453 Å². The number of hydrogen-bond acceptors (Lipinski definition) is 3. The van der Waals surface area contributed by atoms with Crippen LogP contribution in [0.15, 0.2) is 436 Å². The van der Waals surface area contributed by atoms with E-state index in [1.165, 1.54) is 0 Å². The van der Waals surface area contributed by atoms with Crippen LogP contribution in [0.1, 0.15) is 70.5 Å². The Bertz CT molecular complexity index is 9440. The molecule has 5 nitrogen and oxygen atoms in total. The first-order chi connectivity index (χ1) is 70.2. The van der Waals surface area contributed by atoms with Crippen LogP contribution in [0, 0.1) is 0 Å². The van der Waals surface area contributed by atoms with E-state index < -0.39 is 65.9 Å². The summed E-state index contributed by atoms with van der Waals surface area (Å²) >= 11 is 0. The SMILES string of the molecule is [2H]c1c([2H])c([2H])c2c(c1[2H])c1c(-c3ccccc3)c([2H])c([2H])c([2H])c1n2-c1ccc2c(c1)N(c1c(-c3ccc4ccc5ccccc5c4c3)cccc1-c1ccc3ccc4ccccc4c3c1)c1cc(-c3ccc4c(c3)C(C)(C)c3ccccc3O4)cc3c1B2c1ccc(-n2c4c([2H])c([2H])c([2H])c([2H])c4c4c(-c5ccccc5)c([2H])c([2H])c([2H])c42)cc1N3c1c(-c2ccccc2)cc(C(C)(C)C)cc1-c1ccccc1. The van der Waals surface area contributed by atoms with Crippen LogP contribution in [0.4, 0.5) is 34.1 Å². The number of para-hydroxylation sites is 4. The molecule has 131 heavy (non-hydrogen) atoms. The van der Waals surface area contributed by atoms with Crippen molar-refractivity contribution in [2.75, 3.05) is 9.80 Å². The monoisotopic (exact) mass is 1680 g/mol. The number of rotatable bonds is 11. The molecule has 3 aliphatic rings. The number of anilines is 6. The maximum atomic E-state index is 10.5. The highest BCUT2D eigenvalue weighted by atomic mass is 16.5. The zero-order chi connectivity index (χ0) is 99.2. The molecule has 616 valence electrons. The van der Waals surface area contributed by atoms with Gasteiger partial charge < -0.3 is 23.7 Å². The standard InChI is InChI=1S/C125H87BN4O/c1-124(2,3)90-74-103(80-35-14-8-15-36-80)123(104(75-90)81-37-16-9-17-38-81)130-114-77-92(128-110-51-26-23-44-100(110)120-96(46-30-53-112(120)128)79-33-12-7-13-34-79)65-67-108(114)126-107-66-64-91(127-109-50-25-22-43-99(109)119-95(45-29-52-111(119)127)78-31-10-6-11-32-78)76-113(107)129(115-72-89(73-116(130)121(115)126)86-63-68-118-106(71-86)125(4,5)105-49-24-27-54-117(105)131-118)122-97(87-61-59-84-57-55-82-39-18-20-41-93(82)101(84)69-87)47-28-48-98(122)88-62-60-85-58-56-83-40-19-21-42-94(83)102(85)70-88/h6-77H,1-5H3/i22D,23D,25D,26D,29D,30D,43D,44D,45D,46D,50D,51D,52D,53D. The summed E-state index contributed by atoms with van der Waals surface area (Å²) in [5.41, 5.74) is 19.4. The molecule has 23 aromatic rings. The lowest BCUT2D eigenvalue weighted by Gasteiger charge is -2.46. The summed E-state index contributed by atoms with van der Waals surface area (Å²) in [6.45, 7) is 10.3. The third kappa shape index (κ3) is 11.9. The van der Waals surface area contributed by atoms with Gasteiger partial charge in [0.2, 0.25) is 0 Å². The molecule has 0 bridgehead atoms. The second-order valence-corrected chi connectivity index (χ2v) is 36.3. The maximum Gasteiger partial charge on any atom is 0.252 e. The van der Waals surface area contributed by atoms with E-state index in [0.717, 1.165) is 155 Å². The Balaban J connectivity index is 0.881. The van der Waals surface area contributed by atoms with Gasteiger partial charge in [0.05, 0.1) is 52.6 Å². The van der Waals surface area contributed by atoms with Gasteiger partial charge in [-0.15, -0.1) is 0 Å². The number of ether oxygens (including phenoxy) is 1. The highest BCUT2D eigenvalue weighted by Gasteiger charge is 2.47. The number of fused-ring (bicyclic) bond motifs is 18. The summed E-state index contributed by atoms with van der Waals surface area (Å²) in [5.74, 6) is 1.45. The fourth-order valence-corrected chi connectivity index (χ4v) is 21.4. The van der Waals surface area contributed by atoms with Gasteiger partial charge in [-0.25, -0.2) is 0 Å². The van der Waals surface area contributed by atoms with E-state index in [0.29, 0.717) is 45.3 Å². The summed E-state index contributed by atoms with van der Waals surface area (Å²) in [5, 5.41) is 8.95. The van der Waals surface area contributed by atoms with Gasteiger partial charge in [-0.2, -0.15) is 0 Å². The van der Waals surface area contributed by atoms with Gasteiger partial charge in [0, 0.05) is 94.5 Å². The Hall–Kier alpha value is -16.3. The molecule has 0 radical (unpaired) electrons. The number of aromatic nitrogens is 2. The minimum Gasteiger partial charge on any atom is -0.457 e. The summed E-state index contributed by atoms with van der Waals surface area (Å²) in [6.07, 6.45) is 0. The second kappa shape index (κ2) is 29.4. The van der Waals surface area contributed by atoms with E-state index in [2.05, 4.69) is 293 Å². The minimum atomic E-state index is -0.842. The fraction of sp³-hybridized carbons (Fsp3) is 0.0560. The van der Waals surface area contributed by atoms with Crippen molar-refractivity contribution < 1.29 is 23.9 Å². The molecule has 6 heteroatoms. The average Bonchev–Trinajstić information content (AvgIpc) is 1.49. The summed E-state index contributed by atoms with van der Waals surface area (Å²) < 4.78 is 151. The van der Waals surface area contributed by atoms with Crippen LogP contribution in [0.5, 0.6) is 11.5 Å². The molecule has 0 unspecified atom stereocenters. The molecular formula is C125H87BN4O. The van der Waals surface area contributed by atoms with Crippen molar-refractivity contribution in [2.45, 2.75) is 45.4 Å². The molecular weight excluding hydrogens is 1580 g/mol. The summed E-state index contributed by atoms with van der Waals surface area (Å²) in [7, 11) is 0. The van der Waals surface area contributed by atoms with Gasteiger partial charge >= 0.3 is 0 Å². The van der Waals surface area contributed by atoms with Crippen molar-refractivity contribution in [3.8, 4) is 101 Å². The number of nitrogens with zero attached hydrogens (tertiary/aromatic N) is 4. The fourth-order valence-electron chi connectivity index (χ4n) is 21.4. The second-order valence-electron chi connectivity index (χ2n) is 36.3. The van der Waals surface area contributed by atoms with Gasteiger partial charge in [0.25, 0.3) is 6.71 Å². The van der Waals surface area contributed by atoms with Crippen LogP contribution < -0.4 is 30.9 Å². The van der Waals surface area contributed by atoms with E-state index in [4.69, 9.17) is 4.74 Å². The molecule has 21 aromatic carbocycles. The third-order valence-electron chi connectivity index (χ3n) is 27.6. The van der Waals surface area contributed by atoms with Gasteiger partial charge in [-0.3, -0.25) is 0 Å². The predicted octanol–water partition coefficient (Wildman–Crippen LogP) is 32.0. The van der Waals surface area contributed by atoms with E-state index in [-0.39, 0.29) is 91.0 Å². The normalized spacial score (nSPS) is 14.6. The lowest BCUT2D eigenvalue weighted by atomic mass is 9.33. The lowest BCUT2D eigenvalue weighted by Crippen LogP contribution is -2.61. The van der Waals surface area contributed by atoms with Gasteiger partial charge in [0.15, 0.2) is 0 Å². The largest absolute Gasteiger partial charge is 0.457 e. The predicted molar refractivity (Wildman–Crippen MR) is 555 cm³/mol. The molecule has 3 aliphatic heterocycles. The Morgan fingerprint density at radius 1 is 0.282 bits per heavy atom. The summed E-state index contributed by atoms with van der Waals surface area (Å²) in [4.78, 5) is 4.83. The van der Waals surface area contributed by atoms with E-state index in [9.17, 15) is 19.2 Å². The molecule has 0 fully saturated rings. The molecule has 0 aliphatic carbocycles. The number of benzene rings is 21. The zero-order valence-electron chi connectivity index (χ0n) is 86.3. The average molecular weight is 1690 g/mol. The first kappa shape index (κ1) is 62.8. The van der Waals surface area contributed by atoms with Crippen LogP contribution in [0.25, 0.3) is 176 Å². The molecule has 0 amide bonds. The minimum absolute atomic E-state index is 0.0315. The molecule has 0 atom stereocenters. The first-order valence-electron chi connectivity index (χ1n) is 51.6. The van der Waals surface area contributed by atoms with Crippen LogP contribution in [-0.4, -0.2) is 15.8 Å². The van der Waals surface area contributed by atoms with Crippen LogP contribution in [-0.2, 0) is 10.8 Å². The van der Waals surface area contributed by atoms with Crippen LogP contribution >= 0.6 is 0 Å². The molecule has 0 N–H and O–H groups in total. The van der Waals surface area contributed by atoms with E-state index >= 15 is 0 Å². The molecule has 0 saturated heterocycles. The van der Waals surface area contributed by atoms with Crippen molar-refractivity contribution in [2.24, 2.45) is 0 Å². The van der Waals surface area contributed by atoms with Crippen molar-refractivity contribution >= 4 is 144 Å². The first-order valence-corrected chi connectivity index (χ1v) is 44.6. The van der Waals surface area contributed by atoms with Crippen LogP contribution in [0.2, 0.25) is 0 Å². The summed E-state index contributed by atoms with van der Waals surface area (Å²) in [6, 6.07) is 115. The lowest BCUT2D eigenvalue weighted by molar-refractivity contribution is 0.418. The number of hydrogen-bond donors (Lipinski definition) is 0. The van der Waals surface area contributed by atoms with Crippen molar-refractivity contribution in [1.29, 1.82) is 0 Å². The van der Waals surface area contributed by atoms with Crippen molar-refractivity contribution in [3.63, 3.8) is 0 Å². The zero-order valence-corrected chi connectivity index (χ0v) is 72.3. The smallest absolute Gasteiger partial charge is 0.252 e. The Morgan fingerprint density at radius 3 is 1.19 bits per heavy atom. The van der Waals surface area contributed by atoms with Gasteiger partial charge in [-0.05, 0) is 229 Å². The Labute approximate surface area is 781 Å². The van der Waals surface area contributed by atoms with E-state index in [1.807, 2.05) is 103 Å². The molecule has 2 aromatic heterocycles. The van der Waals surface area contributed by atoms with Gasteiger partial charge in [-0.1, -0.05) is 368 Å².